The van der Waals surface area contributed by atoms with Gasteiger partial charge in [-0.05, 0) is 38.0 Å². The van der Waals surface area contributed by atoms with E-state index < -0.39 is 23.8 Å². The molecule has 1 aromatic rings. The number of nitrogens with zero attached hydrogens (tertiary/aromatic N) is 1. The molecule has 1 unspecified atom stereocenters. The molecule has 2 rings (SSSR count). The molecule has 124 valence electrons. The van der Waals surface area contributed by atoms with Crippen LogP contribution in [0.1, 0.15) is 30.1 Å². The maximum Gasteiger partial charge on any atom is 0.326 e. The highest BCUT2D eigenvalue weighted by atomic mass is 19.1. The number of likely N-dealkylation sites (tertiary alicyclic amines) is 1. The Morgan fingerprint density at radius 1 is 1.30 bits per heavy atom. The highest BCUT2D eigenvalue weighted by Crippen LogP contribution is 2.10. The van der Waals surface area contributed by atoms with E-state index in [1.807, 2.05) is 0 Å². The number of nitrogens with one attached hydrogen (secondary N) is 1. The second-order valence-electron chi connectivity index (χ2n) is 5.36. The van der Waals surface area contributed by atoms with Crippen LogP contribution in [0.15, 0.2) is 24.3 Å². The van der Waals surface area contributed by atoms with Crippen LogP contribution in [0.5, 0.6) is 0 Å². The number of esters is 1. The molecule has 1 heterocycles. The molecule has 1 fully saturated rings. The fourth-order valence-electron chi connectivity index (χ4n) is 2.37. The lowest BCUT2D eigenvalue weighted by Crippen LogP contribution is -2.40. The standard InChI is InChI=1S/C16H19FN2O4/c1-11(16(22)19-7-2-3-8-19)23-14(20)10-18-15(21)12-5-4-6-13(17)9-12/h4-6,9,11H,2-3,7-8,10H2,1H3,(H,18,21). The molecule has 0 spiro atoms. The number of hydrogen-bond acceptors (Lipinski definition) is 4. The van der Waals surface area contributed by atoms with Crippen LogP contribution in [0.3, 0.4) is 0 Å². The minimum Gasteiger partial charge on any atom is -0.451 e. The summed E-state index contributed by atoms with van der Waals surface area (Å²) in [7, 11) is 0. The molecule has 1 aromatic carbocycles. The van der Waals surface area contributed by atoms with Crippen LogP contribution in [0.4, 0.5) is 4.39 Å². The predicted octanol–water partition coefficient (Wildman–Crippen LogP) is 1.11. The number of carbonyl (C=O) groups excluding carboxylic acids is 3. The Balaban J connectivity index is 1.78. The summed E-state index contributed by atoms with van der Waals surface area (Å²) < 4.78 is 18.0. The summed E-state index contributed by atoms with van der Waals surface area (Å²) in [5.41, 5.74) is 0.110. The molecule has 1 aliphatic rings. The first-order chi connectivity index (χ1) is 11.0. The number of ether oxygens (including phenoxy) is 1. The number of rotatable bonds is 5. The van der Waals surface area contributed by atoms with Crippen molar-refractivity contribution in [3.63, 3.8) is 0 Å². The van der Waals surface area contributed by atoms with Gasteiger partial charge in [0.25, 0.3) is 11.8 Å². The van der Waals surface area contributed by atoms with E-state index >= 15 is 0 Å². The molecule has 1 atom stereocenters. The number of hydrogen-bond donors (Lipinski definition) is 1. The van der Waals surface area contributed by atoms with Crippen LogP contribution < -0.4 is 5.32 Å². The van der Waals surface area contributed by atoms with Gasteiger partial charge in [0.15, 0.2) is 6.10 Å². The number of carbonyl (C=O) groups is 3. The van der Waals surface area contributed by atoms with Gasteiger partial charge in [0, 0.05) is 18.7 Å². The van der Waals surface area contributed by atoms with Crippen molar-refractivity contribution < 1.29 is 23.5 Å². The molecule has 6 nitrogen and oxygen atoms in total. The van der Waals surface area contributed by atoms with Crippen LogP contribution >= 0.6 is 0 Å². The molecule has 0 aliphatic carbocycles. The quantitative estimate of drug-likeness (QED) is 0.824. The van der Waals surface area contributed by atoms with Gasteiger partial charge in [0.2, 0.25) is 0 Å². The lowest BCUT2D eigenvalue weighted by atomic mass is 10.2. The smallest absolute Gasteiger partial charge is 0.326 e. The highest BCUT2D eigenvalue weighted by Gasteiger charge is 2.25. The predicted molar refractivity (Wildman–Crippen MR) is 80.1 cm³/mol. The molecular formula is C16H19FN2O4. The zero-order valence-electron chi connectivity index (χ0n) is 12.9. The van der Waals surface area contributed by atoms with Crippen molar-refractivity contribution in [2.24, 2.45) is 0 Å². The molecule has 0 aromatic heterocycles. The largest absolute Gasteiger partial charge is 0.451 e. The van der Waals surface area contributed by atoms with E-state index in [9.17, 15) is 18.8 Å². The van der Waals surface area contributed by atoms with Crippen molar-refractivity contribution in [1.29, 1.82) is 0 Å². The van der Waals surface area contributed by atoms with Gasteiger partial charge >= 0.3 is 5.97 Å². The zero-order chi connectivity index (χ0) is 16.8. The summed E-state index contributed by atoms with van der Waals surface area (Å²) in [4.78, 5) is 37.1. The Morgan fingerprint density at radius 2 is 2.00 bits per heavy atom. The number of benzene rings is 1. The summed E-state index contributed by atoms with van der Waals surface area (Å²) in [6, 6.07) is 5.12. The Hall–Kier alpha value is -2.44. The van der Waals surface area contributed by atoms with E-state index in [1.165, 1.54) is 25.1 Å². The molecule has 1 aliphatic heterocycles. The second-order valence-corrected chi connectivity index (χ2v) is 5.36. The third-order valence-electron chi connectivity index (χ3n) is 3.55. The first-order valence-corrected chi connectivity index (χ1v) is 7.49. The van der Waals surface area contributed by atoms with E-state index in [2.05, 4.69) is 5.32 Å². The Bertz CT molecular complexity index is 599. The minimum atomic E-state index is -0.883. The lowest BCUT2D eigenvalue weighted by molar-refractivity contribution is -0.157. The summed E-state index contributed by atoms with van der Waals surface area (Å²) in [5.74, 6) is -2.06. The number of halogens is 1. The van der Waals surface area contributed by atoms with Crippen molar-refractivity contribution in [2.45, 2.75) is 25.9 Å². The molecule has 23 heavy (non-hydrogen) atoms. The molecule has 2 amide bonds. The van der Waals surface area contributed by atoms with Gasteiger partial charge in [-0.3, -0.25) is 14.4 Å². The van der Waals surface area contributed by atoms with Crippen LogP contribution in [0.25, 0.3) is 0 Å². The SMILES string of the molecule is CC(OC(=O)CNC(=O)c1cccc(F)c1)C(=O)N1CCCC1. The molecule has 0 bridgehead atoms. The lowest BCUT2D eigenvalue weighted by Gasteiger charge is -2.20. The molecule has 1 N–H and O–H groups in total. The first kappa shape index (κ1) is 16.9. The van der Waals surface area contributed by atoms with Crippen LogP contribution in [0.2, 0.25) is 0 Å². The second kappa shape index (κ2) is 7.71. The molecule has 0 radical (unpaired) electrons. The van der Waals surface area contributed by atoms with E-state index in [1.54, 1.807) is 4.90 Å². The van der Waals surface area contributed by atoms with Gasteiger partial charge in [-0.2, -0.15) is 0 Å². The zero-order valence-corrected chi connectivity index (χ0v) is 12.9. The molecule has 1 saturated heterocycles. The Kier molecular flexibility index (Phi) is 5.67. The average molecular weight is 322 g/mol. The van der Waals surface area contributed by atoms with Crippen molar-refractivity contribution in [3.8, 4) is 0 Å². The van der Waals surface area contributed by atoms with E-state index in [0.29, 0.717) is 13.1 Å². The fraction of sp³-hybridized carbons (Fsp3) is 0.438. The molecular weight excluding hydrogens is 303 g/mol. The van der Waals surface area contributed by atoms with Gasteiger partial charge < -0.3 is 15.0 Å². The van der Waals surface area contributed by atoms with Crippen molar-refractivity contribution >= 4 is 17.8 Å². The summed E-state index contributed by atoms with van der Waals surface area (Å²) in [5, 5.41) is 2.33. The van der Waals surface area contributed by atoms with E-state index in [-0.39, 0.29) is 18.0 Å². The normalized spacial score (nSPS) is 15.1. The maximum atomic E-state index is 13.0. The topological polar surface area (TPSA) is 75.7 Å². The summed E-state index contributed by atoms with van der Waals surface area (Å²) in [6.07, 6.45) is 1.03. The third kappa shape index (κ3) is 4.77. The van der Waals surface area contributed by atoms with Crippen LogP contribution in [-0.2, 0) is 14.3 Å². The van der Waals surface area contributed by atoms with Gasteiger partial charge in [0.1, 0.15) is 12.4 Å². The number of amides is 2. The maximum absolute atomic E-state index is 13.0. The van der Waals surface area contributed by atoms with E-state index in [0.717, 1.165) is 18.9 Å². The van der Waals surface area contributed by atoms with Crippen LogP contribution in [-0.4, -0.2) is 48.4 Å². The Labute approximate surface area is 133 Å². The first-order valence-electron chi connectivity index (χ1n) is 7.49. The molecule has 7 heteroatoms. The Morgan fingerprint density at radius 3 is 2.65 bits per heavy atom. The third-order valence-corrected chi connectivity index (χ3v) is 3.55. The molecule has 0 saturated carbocycles. The minimum absolute atomic E-state index is 0.110. The van der Waals surface area contributed by atoms with E-state index in [4.69, 9.17) is 4.74 Å². The highest BCUT2D eigenvalue weighted by molar-refractivity contribution is 5.96. The summed E-state index contributed by atoms with van der Waals surface area (Å²) >= 11 is 0. The van der Waals surface area contributed by atoms with Crippen molar-refractivity contribution in [1.82, 2.24) is 10.2 Å². The van der Waals surface area contributed by atoms with Crippen molar-refractivity contribution in [2.75, 3.05) is 19.6 Å². The fourth-order valence-corrected chi connectivity index (χ4v) is 2.37. The van der Waals surface area contributed by atoms with Gasteiger partial charge in [-0.25, -0.2) is 4.39 Å². The van der Waals surface area contributed by atoms with Gasteiger partial charge in [-0.1, -0.05) is 6.07 Å². The van der Waals surface area contributed by atoms with Gasteiger partial charge in [0.05, 0.1) is 0 Å². The average Bonchev–Trinajstić information content (AvgIpc) is 3.06. The van der Waals surface area contributed by atoms with Crippen molar-refractivity contribution in [3.05, 3.63) is 35.6 Å². The monoisotopic (exact) mass is 322 g/mol. The van der Waals surface area contributed by atoms with Crippen LogP contribution in [0, 0.1) is 5.82 Å². The summed E-state index contributed by atoms with van der Waals surface area (Å²) in [6.45, 7) is 2.48. The van der Waals surface area contributed by atoms with Gasteiger partial charge in [-0.15, -0.1) is 0 Å².